The van der Waals surface area contributed by atoms with Gasteiger partial charge in [-0.2, -0.15) is 0 Å². The maximum atomic E-state index is 13.1. The van der Waals surface area contributed by atoms with Crippen LogP contribution in [0.4, 0.5) is 4.39 Å². The van der Waals surface area contributed by atoms with E-state index in [2.05, 4.69) is 4.98 Å². The lowest BCUT2D eigenvalue weighted by Gasteiger charge is -2.36. The molecule has 2 aromatic rings. The van der Waals surface area contributed by atoms with Crippen LogP contribution < -0.4 is 0 Å². The number of ether oxygens (including phenoxy) is 1. The number of benzene rings is 1. The molecule has 2 aliphatic heterocycles. The van der Waals surface area contributed by atoms with Gasteiger partial charge >= 0.3 is 0 Å². The topological polar surface area (TPSA) is 67.7 Å². The first-order valence-electron chi connectivity index (χ1n) is 8.45. The molecule has 136 valence electrons. The van der Waals surface area contributed by atoms with E-state index in [9.17, 15) is 14.0 Å². The molecule has 0 N–H and O–H groups in total. The van der Waals surface area contributed by atoms with E-state index in [1.165, 1.54) is 24.3 Å². The Labute approximate surface area is 150 Å². The van der Waals surface area contributed by atoms with E-state index in [4.69, 9.17) is 4.74 Å². The number of halogens is 1. The van der Waals surface area contributed by atoms with Gasteiger partial charge in [0.2, 0.25) is 5.91 Å². The van der Waals surface area contributed by atoms with Crippen molar-refractivity contribution in [3.8, 4) is 0 Å². The average molecular weight is 358 g/mol. The van der Waals surface area contributed by atoms with Crippen molar-refractivity contribution in [2.24, 2.45) is 7.05 Å². The summed E-state index contributed by atoms with van der Waals surface area (Å²) in [6.07, 6.45) is 3.30. The molecule has 0 unspecified atom stereocenters. The van der Waals surface area contributed by atoms with E-state index in [1.807, 2.05) is 17.8 Å². The van der Waals surface area contributed by atoms with Gasteiger partial charge in [0.1, 0.15) is 18.2 Å². The second kappa shape index (κ2) is 6.53. The zero-order valence-corrected chi connectivity index (χ0v) is 14.3. The van der Waals surface area contributed by atoms with E-state index >= 15 is 0 Å². The van der Waals surface area contributed by atoms with Crippen molar-refractivity contribution in [1.82, 2.24) is 19.4 Å². The van der Waals surface area contributed by atoms with Crippen LogP contribution in [-0.4, -0.2) is 63.0 Å². The zero-order valence-electron chi connectivity index (χ0n) is 14.3. The Hall–Kier alpha value is -2.74. The van der Waals surface area contributed by atoms with Crippen molar-refractivity contribution >= 4 is 11.8 Å². The molecule has 1 aromatic heterocycles. The summed E-state index contributed by atoms with van der Waals surface area (Å²) in [6, 6.07) is 5.26. The van der Waals surface area contributed by atoms with Gasteiger partial charge in [0, 0.05) is 38.1 Å². The molecule has 8 heteroatoms. The molecule has 2 amide bonds. The largest absolute Gasteiger partial charge is 0.364 e. The van der Waals surface area contributed by atoms with Crippen LogP contribution in [-0.2, 0) is 23.1 Å². The summed E-state index contributed by atoms with van der Waals surface area (Å²) in [6.45, 7) is 1.18. The van der Waals surface area contributed by atoms with Crippen molar-refractivity contribution in [3.63, 3.8) is 0 Å². The smallest absolute Gasteiger partial charge is 0.254 e. The van der Waals surface area contributed by atoms with Gasteiger partial charge in [-0.3, -0.25) is 9.59 Å². The molecule has 26 heavy (non-hydrogen) atoms. The minimum atomic E-state index is -0.383. The number of hydrogen-bond acceptors (Lipinski definition) is 4. The molecule has 2 fully saturated rings. The molecule has 0 radical (unpaired) electrons. The minimum absolute atomic E-state index is 0.00414. The van der Waals surface area contributed by atoms with Gasteiger partial charge in [-0.05, 0) is 24.3 Å². The van der Waals surface area contributed by atoms with Crippen LogP contribution in [0.5, 0.6) is 0 Å². The fourth-order valence-corrected chi connectivity index (χ4v) is 3.51. The molecular weight excluding hydrogens is 339 g/mol. The van der Waals surface area contributed by atoms with Crippen LogP contribution in [0.1, 0.15) is 16.2 Å². The van der Waals surface area contributed by atoms with Crippen molar-refractivity contribution in [2.75, 3.05) is 19.7 Å². The Balaban J connectivity index is 1.52. The summed E-state index contributed by atoms with van der Waals surface area (Å²) < 4.78 is 20.6. The number of likely N-dealkylation sites (tertiary alicyclic amines) is 1. The fourth-order valence-electron chi connectivity index (χ4n) is 3.51. The maximum absolute atomic E-state index is 13.1. The monoisotopic (exact) mass is 358 g/mol. The number of nitrogens with zero attached hydrogens (tertiary/aromatic N) is 4. The third kappa shape index (κ3) is 2.96. The Bertz CT molecular complexity index is 835. The molecule has 7 nitrogen and oxygen atoms in total. The Morgan fingerprint density at radius 3 is 2.77 bits per heavy atom. The molecule has 4 rings (SSSR count). The first kappa shape index (κ1) is 16.7. The lowest BCUT2D eigenvalue weighted by molar-refractivity contribution is -0.154. The van der Waals surface area contributed by atoms with Crippen molar-refractivity contribution in [2.45, 2.75) is 18.7 Å². The van der Waals surface area contributed by atoms with Gasteiger partial charge in [-0.25, -0.2) is 9.37 Å². The summed E-state index contributed by atoms with van der Waals surface area (Å²) in [5, 5.41) is 0. The van der Waals surface area contributed by atoms with Crippen LogP contribution in [0, 0.1) is 5.82 Å². The number of amides is 2. The van der Waals surface area contributed by atoms with Gasteiger partial charge in [0.25, 0.3) is 5.91 Å². The van der Waals surface area contributed by atoms with Crippen molar-refractivity contribution < 1.29 is 18.7 Å². The summed E-state index contributed by atoms with van der Waals surface area (Å²) in [5.41, 5.74) is 0.423. The number of aromatic nitrogens is 2. The quantitative estimate of drug-likeness (QED) is 0.814. The van der Waals surface area contributed by atoms with Gasteiger partial charge < -0.3 is 19.1 Å². The van der Waals surface area contributed by atoms with Crippen LogP contribution >= 0.6 is 0 Å². The van der Waals surface area contributed by atoms with E-state index in [0.29, 0.717) is 25.2 Å². The van der Waals surface area contributed by atoms with Crippen LogP contribution in [0.2, 0.25) is 0 Å². The normalized spacial score (nSPS) is 22.6. The lowest BCUT2D eigenvalue weighted by Crippen LogP contribution is -2.53. The molecule has 0 saturated carbocycles. The third-order valence-corrected chi connectivity index (χ3v) is 4.99. The summed E-state index contributed by atoms with van der Waals surface area (Å²) in [5.74, 6) is 0.104. The maximum Gasteiger partial charge on any atom is 0.254 e. The Morgan fingerprint density at radius 2 is 2.08 bits per heavy atom. The predicted octanol–water partition coefficient (Wildman–Crippen LogP) is 0.811. The number of morpholine rings is 1. The highest BCUT2D eigenvalue weighted by Crippen LogP contribution is 2.26. The Morgan fingerprint density at radius 1 is 1.31 bits per heavy atom. The zero-order chi connectivity index (χ0) is 18.3. The first-order chi connectivity index (χ1) is 12.5. The molecule has 0 aliphatic carbocycles. The predicted molar refractivity (Wildman–Crippen MR) is 89.6 cm³/mol. The fraction of sp³-hybridized carbons (Fsp3) is 0.389. The third-order valence-electron chi connectivity index (χ3n) is 4.99. The molecule has 2 saturated heterocycles. The number of rotatable bonds is 3. The minimum Gasteiger partial charge on any atom is -0.364 e. The van der Waals surface area contributed by atoms with Crippen molar-refractivity contribution in [1.29, 1.82) is 0 Å². The molecule has 2 atom stereocenters. The number of fused-ring (bicyclic) bond motifs is 1. The highest BCUT2D eigenvalue weighted by Gasteiger charge is 2.44. The number of carbonyl (C=O) groups is 2. The van der Waals surface area contributed by atoms with Gasteiger partial charge in [0.15, 0.2) is 0 Å². The van der Waals surface area contributed by atoms with Crippen molar-refractivity contribution in [3.05, 3.63) is 53.9 Å². The van der Waals surface area contributed by atoms with E-state index < -0.39 is 0 Å². The second-order valence-corrected chi connectivity index (χ2v) is 6.61. The van der Waals surface area contributed by atoms with E-state index in [1.54, 1.807) is 16.0 Å². The van der Waals surface area contributed by atoms with E-state index in [-0.39, 0.29) is 36.4 Å². The van der Waals surface area contributed by atoms with Gasteiger partial charge in [0.05, 0.1) is 18.7 Å². The SMILES string of the molecule is Cn1ccnc1CN1C(=O)CO[C@H]2CN(C(=O)c3ccc(F)cc3)C[C@H]21. The standard InChI is InChI=1S/C18H19FN4O3/c1-21-7-6-20-16(21)10-23-14-8-22(9-15(14)26-11-17(23)24)18(25)12-2-4-13(19)5-3-12/h2-7,14-15H,8-11H2,1H3/t14-,15+/m1/s1. The van der Waals surface area contributed by atoms with E-state index in [0.717, 1.165) is 5.82 Å². The van der Waals surface area contributed by atoms with Crippen LogP contribution in [0.3, 0.4) is 0 Å². The molecule has 0 spiro atoms. The summed E-state index contributed by atoms with van der Waals surface area (Å²) in [7, 11) is 1.88. The number of carbonyl (C=O) groups excluding carboxylic acids is 2. The number of hydrogen-bond donors (Lipinski definition) is 0. The molecule has 2 aliphatic rings. The molecule has 3 heterocycles. The molecule has 0 bridgehead atoms. The second-order valence-electron chi connectivity index (χ2n) is 6.61. The molecule has 1 aromatic carbocycles. The lowest BCUT2D eigenvalue weighted by atomic mass is 10.1. The Kier molecular flexibility index (Phi) is 4.20. The highest BCUT2D eigenvalue weighted by molar-refractivity contribution is 5.94. The molecular formula is C18H19FN4O3. The van der Waals surface area contributed by atoms with Crippen LogP contribution in [0.15, 0.2) is 36.7 Å². The summed E-state index contributed by atoms with van der Waals surface area (Å²) in [4.78, 5) is 32.8. The number of aryl methyl sites for hydroxylation is 1. The van der Waals surface area contributed by atoms with Crippen LogP contribution in [0.25, 0.3) is 0 Å². The average Bonchev–Trinajstić information content (AvgIpc) is 3.24. The van der Waals surface area contributed by atoms with Gasteiger partial charge in [-0.15, -0.1) is 0 Å². The number of imidazole rings is 1. The van der Waals surface area contributed by atoms with Gasteiger partial charge in [-0.1, -0.05) is 0 Å². The summed E-state index contributed by atoms with van der Waals surface area (Å²) >= 11 is 0. The first-order valence-corrected chi connectivity index (χ1v) is 8.45. The highest BCUT2D eigenvalue weighted by atomic mass is 19.1.